The Bertz CT molecular complexity index is 637. The summed E-state index contributed by atoms with van der Waals surface area (Å²) >= 11 is -2.66. The fourth-order valence-electron chi connectivity index (χ4n) is 2.45. The van der Waals surface area contributed by atoms with E-state index in [1.54, 1.807) is 12.1 Å². The SMILES string of the molecule is CCCCC(Cc1ccc(C#CCCCN)cc1)(NS(=O)[O-])C(=O)O. The van der Waals surface area contributed by atoms with Crippen LogP contribution >= 0.6 is 0 Å². The number of carboxylic acid groups (broad SMARTS) is 1. The Balaban J connectivity index is 2.93. The van der Waals surface area contributed by atoms with Crippen LogP contribution < -0.4 is 10.5 Å². The van der Waals surface area contributed by atoms with Gasteiger partial charge in [-0.15, -0.1) is 0 Å². The van der Waals surface area contributed by atoms with Crippen LogP contribution in [0.25, 0.3) is 0 Å². The Morgan fingerprint density at radius 3 is 2.56 bits per heavy atom. The molecule has 0 heterocycles. The molecule has 0 amide bonds. The summed E-state index contributed by atoms with van der Waals surface area (Å²) in [6.45, 7) is 2.54. The summed E-state index contributed by atoms with van der Waals surface area (Å²) in [5.41, 5.74) is 5.45. The molecule has 1 rings (SSSR count). The van der Waals surface area contributed by atoms with E-state index in [4.69, 9.17) is 5.73 Å². The zero-order valence-electron chi connectivity index (χ0n) is 14.4. The van der Waals surface area contributed by atoms with Gasteiger partial charge in [-0.05, 0) is 37.1 Å². The van der Waals surface area contributed by atoms with Crippen LogP contribution in [0.2, 0.25) is 0 Å². The van der Waals surface area contributed by atoms with Crippen LogP contribution in [0, 0.1) is 11.8 Å². The van der Waals surface area contributed by atoms with E-state index in [0.717, 1.165) is 30.4 Å². The van der Waals surface area contributed by atoms with Gasteiger partial charge in [-0.25, -0.2) is 4.72 Å². The molecule has 25 heavy (non-hydrogen) atoms. The lowest BCUT2D eigenvalue weighted by Crippen LogP contribution is -2.54. The van der Waals surface area contributed by atoms with E-state index in [9.17, 15) is 18.7 Å². The summed E-state index contributed by atoms with van der Waals surface area (Å²) in [5, 5.41) is 9.61. The number of nitrogens with two attached hydrogens (primary N) is 1. The van der Waals surface area contributed by atoms with Gasteiger partial charge >= 0.3 is 5.97 Å². The molecule has 0 spiro atoms. The highest BCUT2D eigenvalue weighted by molar-refractivity contribution is 7.77. The van der Waals surface area contributed by atoms with Crippen LogP contribution in [-0.4, -0.2) is 31.9 Å². The molecule has 1 aromatic carbocycles. The van der Waals surface area contributed by atoms with Gasteiger partial charge in [0.2, 0.25) is 0 Å². The quantitative estimate of drug-likeness (QED) is 0.332. The number of hydrogen-bond donors (Lipinski definition) is 3. The molecular weight excluding hydrogens is 340 g/mol. The van der Waals surface area contributed by atoms with Crippen molar-refractivity contribution in [3.05, 3.63) is 35.4 Å². The third-order valence-electron chi connectivity index (χ3n) is 3.84. The van der Waals surface area contributed by atoms with Crippen LogP contribution in [0.3, 0.4) is 0 Å². The van der Waals surface area contributed by atoms with Crippen molar-refractivity contribution < 1.29 is 18.7 Å². The maximum absolute atomic E-state index is 11.8. The van der Waals surface area contributed by atoms with Gasteiger partial charge < -0.3 is 15.4 Å². The lowest BCUT2D eigenvalue weighted by Gasteiger charge is -2.31. The van der Waals surface area contributed by atoms with Gasteiger partial charge in [0.25, 0.3) is 0 Å². The van der Waals surface area contributed by atoms with Crippen LogP contribution in [0.4, 0.5) is 0 Å². The van der Waals surface area contributed by atoms with Crippen molar-refractivity contribution in [1.29, 1.82) is 0 Å². The highest BCUT2D eigenvalue weighted by Crippen LogP contribution is 2.22. The zero-order chi connectivity index (χ0) is 18.7. The molecule has 138 valence electrons. The lowest BCUT2D eigenvalue weighted by molar-refractivity contribution is -0.144. The number of unbranched alkanes of at least 4 members (excludes halogenated alkanes) is 2. The molecule has 7 heteroatoms. The Kier molecular flexibility index (Phi) is 9.39. The number of rotatable bonds is 10. The fourth-order valence-corrected chi connectivity index (χ4v) is 3.03. The van der Waals surface area contributed by atoms with Crippen molar-refractivity contribution in [3.63, 3.8) is 0 Å². The molecule has 0 saturated carbocycles. The summed E-state index contributed by atoms with van der Waals surface area (Å²) in [4.78, 5) is 11.8. The predicted molar refractivity (Wildman–Crippen MR) is 97.3 cm³/mol. The van der Waals surface area contributed by atoms with Crippen LogP contribution in [-0.2, 0) is 22.5 Å². The largest absolute Gasteiger partial charge is 0.760 e. The van der Waals surface area contributed by atoms with Gasteiger partial charge in [-0.3, -0.25) is 9.00 Å². The minimum Gasteiger partial charge on any atom is -0.760 e. The number of hydrogen-bond acceptors (Lipinski definition) is 4. The van der Waals surface area contributed by atoms with Crippen molar-refractivity contribution in [3.8, 4) is 11.8 Å². The molecule has 0 aromatic heterocycles. The number of carbonyl (C=O) groups is 1. The van der Waals surface area contributed by atoms with Gasteiger partial charge in [0, 0.05) is 29.7 Å². The molecule has 0 aliphatic heterocycles. The van der Waals surface area contributed by atoms with Crippen molar-refractivity contribution in [2.24, 2.45) is 5.73 Å². The average Bonchev–Trinajstić information content (AvgIpc) is 2.57. The molecular formula is C18H25N2O4S-. The molecule has 6 nitrogen and oxygen atoms in total. The molecule has 4 N–H and O–H groups in total. The number of benzene rings is 1. The van der Waals surface area contributed by atoms with Crippen LogP contribution in [0.5, 0.6) is 0 Å². The first-order chi connectivity index (χ1) is 11.9. The highest BCUT2D eigenvalue weighted by Gasteiger charge is 2.38. The molecule has 1 aromatic rings. The van der Waals surface area contributed by atoms with E-state index in [2.05, 4.69) is 16.6 Å². The zero-order valence-corrected chi connectivity index (χ0v) is 15.2. The van der Waals surface area contributed by atoms with Crippen molar-refractivity contribution in [1.82, 2.24) is 4.72 Å². The molecule has 2 unspecified atom stereocenters. The molecule has 0 aliphatic carbocycles. The third-order valence-corrected chi connectivity index (χ3v) is 4.40. The molecule has 0 fully saturated rings. The fraction of sp³-hybridized carbons (Fsp3) is 0.500. The van der Waals surface area contributed by atoms with Crippen LogP contribution in [0.1, 0.15) is 50.2 Å². The second-order valence-corrected chi connectivity index (χ2v) is 6.57. The smallest absolute Gasteiger partial charge is 0.325 e. The number of aliphatic carboxylic acids is 1. The first-order valence-corrected chi connectivity index (χ1v) is 9.39. The monoisotopic (exact) mass is 365 g/mol. The van der Waals surface area contributed by atoms with Gasteiger partial charge in [-0.1, -0.05) is 43.7 Å². The lowest BCUT2D eigenvalue weighted by atomic mass is 9.86. The molecule has 2 atom stereocenters. The van der Waals surface area contributed by atoms with Crippen molar-refractivity contribution >= 4 is 17.2 Å². The first kappa shape index (κ1) is 21.3. The Hall–Kier alpha value is -1.72. The highest BCUT2D eigenvalue weighted by atomic mass is 32.2. The Morgan fingerprint density at radius 1 is 1.36 bits per heavy atom. The van der Waals surface area contributed by atoms with Gasteiger partial charge in [0.05, 0.1) is 0 Å². The molecule has 0 bridgehead atoms. The van der Waals surface area contributed by atoms with E-state index >= 15 is 0 Å². The van der Waals surface area contributed by atoms with Crippen molar-refractivity contribution in [2.75, 3.05) is 6.54 Å². The summed E-state index contributed by atoms with van der Waals surface area (Å²) in [6.07, 6.45) is 3.28. The minimum atomic E-state index is -2.66. The minimum absolute atomic E-state index is 0.0806. The molecule has 0 saturated heterocycles. The Morgan fingerprint density at radius 2 is 2.04 bits per heavy atom. The second-order valence-electron chi connectivity index (χ2n) is 5.90. The van der Waals surface area contributed by atoms with E-state index in [-0.39, 0.29) is 12.8 Å². The van der Waals surface area contributed by atoms with Gasteiger partial charge in [0.1, 0.15) is 5.54 Å². The summed E-state index contributed by atoms with van der Waals surface area (Å²) in [5.74, 6) is 4.88. The maximum atomic E-state index is 11.8. The third kappa shape index (κ3) is 7.36. The number of carboxylic acids is 1. The second kappa shape index (κ2) is 11.0. The van der Waals surface area contributed by atoms with Crippen LogP contribution in [0.15, 0.2) is 24.3 Å². The normalized spacial score (nSPS) is 14.2. The van der Waals surface area contributed by atoms with E-state index in [0.29, 0.717) is 13.0 Å². The Labute approximate surface area is 151 Å². The summed E-state index contributed by atoms with van der Waals surface area (Å²) < 4.78 is 24.4. The number of nitrogens with one attached hydrogen (secondary N) is 1. The molecule has 0 aliphatic rings. The maximum Gasteiger partial charge on any atom is 0.325 e. The standard InChI is InChI=1S/C18H26N2O4S/c1-2-3-12-18(17(21)22,20-25(23)24)14-16-10-8-15(9-11-16)7-5-4-6-13-19/h8-11,20H,2-4,6,12-14,19H2,1H3,(H,21,22)(H,23,24)/p-1. The van der Waals surface area contributed by atoms with Gasteiger partial charge in [0.15, 0.2) is 0 Å². The van der Waals surface area contributed by atoms with Crippen molar-refractivity contribution in [2.45, 2.75) is 51.0 Å². The predicted octanol–water partition coefficient (Wildman–Crippen LogP) is 1.72. The first-order valence-electron chi connectivity index (χ1n) is 8.32. The van der Waals surface area contributed by atoms with E-state index in [1.807, 2.05) is 19.1 Å². The van der Waals surface area contributed by atoms with E-state index in [1.165, 1.54) is 0 Å². The average molecular weight is 365 g/mol. The summed E-state index contributed by atoms with van der Waals surface area (Å²) in [6, 6.07) is 7.19. The molecule has 0 radical (unpaired) electrons. The van der Waals surface area contributed by atoms with E-state index < -0.39 is 22.8 Å². The summed E-state index contributed by atoms with van der Waals surface area (Å²) in [7, 11) is 0. The topological polar surface area (TPSA) is 115 Å². The van der Waals surface area contributed by atoms with Gasteiger partial charge in [-0.2, -0.15) is 0 Å².